The molecule has 1 fully saturated rings. The topological polar surface area (TPSA) is 47.3 Å². The molecule has 124 valence electrons. The largest absolute Gasteiger partial charge is 0.326 e. The van der Waals surface area contributed by atoms with E-state index in [9.17, 15) is 4.79 Å². The second-order valence-electron chi connectivity index (χ2n) is 7.03. The highest BCUT2D eigenvalue weighted by molar-refractivity contribution is 5.79. The van der Waals surface area contributed by atoms with E-state index in [4.69, 9.17) is 5.26 Å². The van der Waals surface area contributed by atoms with E-state index in [1.807, 2.05) is 0 Å². The average Bonchev–Trinajstić information content (AvgIpc) is 2.56. The zero-order valence-electron chi connectivity index (χ0n) is 14.5. The molecule has 1 saturated heterocycles. The zero-order valence-corrected chi connectivity index (χ0v) is 14.5. The van der Waals surface area contributed by atoms with Gasteiger partial charge >= 0.3 is 0 Å². The lowest BCUT2D eigenvalue weighted by molar-refractivity contribution is -0.134. The first-order valence-electron chi connectivity index (χ1n) is 8.36. The molecule has 23 heavy (non-hydrogen) atoms. The third-order valence-electron chi connectivity index (χ3n) is 4.92. The van der Waals surface area contributed by atoms with Crippen LogP contribution in [0.1, 0.15) is 32.3 Å². The molecule has 0 atom stereocenters. The maximum absolute atomic E-state index is 12.3. The van der Waals surface area contributed by atoms with E-state index in [-0.39, 0.29) is 5.91 Å². The van der Waals surface area contributed by atoms with Crippen molar-refractivity contribution >= 4 is 5.91 Å². The molecule has 2 rings (SSSR count). The van der Waals surface area contributed by atoms with Crippen molar-refractivity contribution < 1.29 is 4.79 Å². The van der Waals surface area contributed by atoms with Crippen molar-refractivity contribution in [3.63, 3.8) is 0 Å². The number of piperidine rings is 1. The fourth-order valence-corrected chi connectivity index (χ4v) is 2.98. The van der Waals surface area contributed by atoms with Crippen LogP contribution in [0.5, 0.6) is 0 Å². The van der Waals surface area contributed by atoms with Crippen LogP contribution in [0.2, 0.25) is 0 Å². The normalized spacial score (nSPS) is 16.8. The van der Waals surface area contributed by atoms with Gasteiger partial charge in [0, 0.05) is 7.05 Å². The average molecular weight is 313 g/mol. The van der Waals surface area contributed by atoms with Crippen molar-refractivity contribution in [3.05, 3.63) is 35.9 Å². The number of amides is 1. The van der Waals surface area contributed by atoms with Gasteiger partial charge in [0.2, 0.25) is 5.91 Å². The highest BCUT2D eigenvalue weighted by atomic mass is 16.2. The van der Waals surface area contributed by atoms with Crippen molar-refractivity contribution in [1.82, 2.24) is 9.80 Å². The van der Waals surface area contributed by atoms with Crippen molar-refractivity contribution in [2.24, 2.45) is 5.92 Å². The van der Waals surface area contributed by atoms with Gasteiger partial charge in [-0.2, -0.15) is 5.26 Å². The molecule has 1 amide bonds. The zero-order chi connectivity index (χ0) is 16.9. The molecule has 1 aliphatic heterocycles. The molecule has 1 heterocycles. The SMILES string of the molecule is CN(C(=O)CN1CCC(Cc2ccccc2)CC1)C(C)(C)C#N. The number of carbonyl (C=O) groups is 1. The maximum atomic E-state index is 12.3. The van der Waals surface area contributed by atoms with Gasteiger partial charge in [0.15, 0.2) is 0 Å². The van der Waals surface area contributed by atoms with E-state index in [0.717, 1.165) is 32.4 Å². The third-order valence-corrected chi connectivity index (χ3v) is 4.92. The highest BCUT2D eigenvalue weighted by Crippen LogP contribution is 2.22. The summed E-state index contributed by atoms with van der Waals surface area (Å²) in [6.45, 7) is 5.89. The summed E-state index contributed by atoms with van der Waals surface area (Å²) in [5.41, 5.74) is 0.653. The van der Waals surface area contributed by atoms with Crippen LogP contribution in [0.3, 0.4) is 0 Å². The van der Waals surface area contributed by atoms with Gasteiger partial charge in [-0.25, -0.2) is 0 Å². The quantitative estimate of drug-likeness (QED) is 0.840. The van der Waals surface area contributed by atoms with Crippen LogP contribution in [0.15, 0.2) is 30.3 Å². The minimum absolute atomic E-state index is 0.0260. The Morgan fingerprint density at radius 2 is 1.91 bits per heavy atom. The first-order chi connectivity index (χ1) is 10.9. The first kappa shape index (κ1) is 17.5. The summed E-state index contributed by atoms with van der Waals surface area (Å²) in [6.07, 6.45) is 3.39. The molecule has 1 aromatic rings. The van der Waals surface area contributed by atoms with Crippen molar-refractivity contribution in [2.45, 2.75) is 38.6 Å². The van der Waals surface area contributed by atoms with Crippen molar-refractivity contribution in [3.8, 4) is 6.07 Å². The number of benzene rings is 1. The van der Waals surface area contributed by atoms with E-state index in [1.54, 1.807) is 25.8 Å². The molecule has 1 aliphatic rings. The highest BCUT2D eigenvalue weighted by Gasteiger charge is 2.29. The fraction of sp³-hybridized carbons (Fsp3) is 0.579. The Labute approximate surface area is 139 Å². The predicted molar refractivity (Wildman–Crippen MR) is 91.8 cm³/mol. The lowest BCUT2D eigenvalue weighted by Gasteiger charge is -2.35. The van der Waals surface area contributed by atoms with Crippen LogP contribution in [0.4, 0.5) is 0 Å². The Morgan fingerprint density at radius 3 is 2.48 bits per heavy atom. The number of rotatable bonds is 5. The van der Waals surface area contributed by atoms with Crippen LogP contribution >= 0.6 is 0 Å². The molecule has 4 heteroatoms. The minimum atomic E-state index is -0.747. The third kappa shape index (κ3) is 4.80. The van der Waals surface area contributed by atoms with Gasteiger partial charge in [-0.05, 0) is 57.7 Å². The molecule has 0 N–H and O–H groups in total. The molecule has 0 unspecified atom stereocenters. The fourth-order valence-electron chi connectivity index (χ4n) is 2.98. The van der Waals surface area contributed by atoms with Gasteiger partial charge in [0.05, 0.1) is 12.6 Å². The second kappa shape index (κ2) is 7.61. The summed E-state index contributed by atoms with van der Waals surface area (Å²) in [4.78, 5) is 16.1. The number of nitrogens with zero attached hydrogens (tertiary/aromatic N) is 3. The molecule has 4 nitrogen and oxygen atoms in total. The molecule has 1 aromatic carbocycles. The smallest absolute Gasteiger partial charge is 0.237 e. The summed E-state index contributed by atoms with van der Waals surface area (Å²) in [5.74, 6) is 0.732. The second-order valence-corrected chi connectivity index (χ2v) is 7.03. The summed E-state index contributed by atoms with van der Waals surface area (Å²) in [6, 6.07) is 12.8. The molecule has 0 saturated carbocycles. The molecule has 0 aromatic heterocycles. The van der Waals surface area contributed by atoms with Gasteiger partial charge < -0.3 is 4.90 Å². The lowest BCUT2D eigenvalue weighted by atomic mass is 9.90. The standard InChI is InChI=1S/C19H27N3O/c1-19(2,15-20)21(3)18(23)14-22-11-9-17(10-12-22)13-16-7-5-4-6-8-16/h4-8,17H,9-14H2,1-3H3. The van der Waals surface area contributed by atoms with Crippen LogP contribution in [-0.4, -0.2) is 47.9 Å². The number of hydrogen-bond donors (Lipinski definition) is 0. The maximum Gasteiger partial charge on any atom is 0.237 e. The Kier molecular flexibility index (Phi) is 5.79. The van der Waals surface area contributed by atoms with Crippen molar-refractivity contribution in [2.75, 3.05) is 26.7 Å². The molecule has 0 bridgehead atoms. The van der Waals surface area contributed by atoms with Gasteiger partial charge in [0.1, 0.15) is 5.54 Å². The number of carbonyl (C=O) groups excluding carboxylic acids is 1. The van der Waals surface area contributed by atoms with Gasteiger partial charge in [-0.1, -0.05) is 30.3 Å². The van der Waals surface area contributed by atoms with E-state index >= 15 is 0 Å². The van der Waals surface area contributed by atoms with E-state index < -0.39 is 5.54 Å². The molecular formula is C19H27N3O. The number of likely N-dealkylation sites (tertiary alicyclic amines) is 1. The number of likely N-dealkylation sites (N-methyl/N-ethyl adjacent to an activating group) is 1. The van der Waals surface area contributed by atoms with Crippen LogP contribution in [0, 0.1) is 17.2 Å². The summed E-state index contributed by atoms with van der Waals surface area (Å²) >= 11 is 0. The molecule has 0 aliphatic carbocycles. The van der Waals surface area contributed by atoms with E-state index in [2.05, 4.69) is 41.3 Å². The molecule has 0 radical (unpaired) electrons. The van der Waals surface area contributed by atoms with Gasteiger partial charge in [-0.15, -0.1) is 0 Å². The minimum Gasteiger partial charge on any atom is -0.326 e. The lowest BCUT2D eigenvalue weighted by Crippen LogP contribution is -2.49. The van der Waals surface area contributed by atoms with Crippen LogP contribution in [0.25, 0.3) is 0 Å². The van der Waals surface area contributed by atoms with Crippen molar-refractivity contribution in [1.29, 1.82) is 5.26 Å². The first-order valence-corrected chi connectivity index (χ1v) is 8.36. The number of hydrogen-bond acceptors (Lipinski definition) is 3. The van der Waals surface area contributed by atoms with Crippen LogP contribution < -0.4 is 0 Å². The predicted octanol–water partition coefficient (Wildman–Crippen LogP) is 2.70. The Morgan fingerprint density at radius 1 is 1.30 bits per heavy atom. The molecule has 0 spiro atoms. The Hall–Kier alpha value is -1.86. The van der Waals surface area contributed by atoms with E-state index in [1.165, 1.54) is 5.56 Å². The Balaban J connectivity index is 1.79. The summed E-state index contributed by atoms with van der Waals surface area (Å²) in [7, 11) is 1.72. The van der Waals surface area contributed by atoms with Crippen LogP contribution in [-0.2, 0) is 11.2 Å². The monoisotopic (exact) mass is 313 g/mol. The van der Waals surface area contributed by atoms with Gasteiger partial charge in [-0.3, -0.25) is 9.69 Å². The molecular weight excluding hydrogens is 286 g/mol. The Bertz CT molecular complexity index is 554. The number of nitriles is 1. The van der Waals surface area contributed by atoms with E-state index in [0.29, 0.717) is 12.5 Å². The summed E-state index contributed by atoms with van der Waals surface area (Å²) in [5, 5.41) is 9.14. The summed E-state index contributed by atoms with van der Waals surface area (Å²) < 4.78 is 0. The van der Waals surface area contributed by atoms with Gasteiger partial charge in [0.25, 0.3) is 0 Å².